The molecule has 2 aromatic heterocycles. The van der Waals surface area contributed by atoms with Crippen molar-refractivity contribution in [2.75, 3.05) is 0 Å². The molecule has 2 nitrogen and oxygen atoms in total. The summed E-state index contributed by atoms with van der Waals surface area (Å²) in [6, 6.07) is 6.23. The highest BCUT2D eigenvalue weighted by atomic mass is 79.9. The summed E-state index contributed by atoms with van der Waals surface area (Å²) in [5.41, 5.74) is 3.81. The molecule has 2 heterocycles. The summed E-state index contributed by atoms with van der Waals surface area (Å²) in [7, 11) is 0. The van der Waals surface area contributed by atoms with E-state index in [1.807, 2.05) is 0 Å². The van der Waals surface area contributed by atoms with Gasteiger partial charge in [-0.25, -0.2) is 4.98 Å². The van der Waals surface area contributed by atoms with Crippen LogP contribution in [-0.2, 0) is 5.41 Å². The smallest absolute Gasteiger partial charge is 0.138 e. The van der Waals surface area contributed by atoms with Crippen molar-refractivity contribution in [2.24, 2.45) is 0 Å². The summed E-state index contributed by atoms with van der Waals surface area (Å²) < 4.78 is 3.31. The summed E-state index contributed by atoms with van der Waals surface area (Å²) in [5, 5.41) is 0. The highest BCUT2D eigenvalue weighted by molar-refractivity contribution is 9.10. The summed E-state index contributed by atoms with van der Waals surface area (Å²) in [6.07, 6.45) is 2.52. The molecular formula is C12H13BrN2. The van der Waals surface area contributed by atoms with Crippen molar-refractivity contribution < 1.29 is 0 Å². The summed E-state index contributed by atoms with van der Waals surface area (Å²) in [6.45, 7) is 4.40. The zero-order valence-electron chi connectivity index (χ0n) is 8.92. The molecule has 0 aliphatic heterocycles. The second kappa shape index (κ2) is 2.85. The predicted molar refractivity (Wildman–Crippen MR) is 64.2 cm³/mol. The van der Waals surface area contributed by atoms with Gasteiger partial charge in [-0.3, -0.25) is 4.40 Å². The molecule has 3 rings (SSSR count). The summed E-state index contributed by atoms with van der Waals surface area (Å²) >= 11 is 3.68. The third-order valence-corrected chi connectivity index (χ3v) is 4.08. The maximum absolute atomic E-state index is 4.72. The van der Waals surface area contributed by atoms with Crippen molar-refractivity contribution in [3.05, 3.63) is 34.2 Å². The molecule has 1 aliphatic carbocycles. The molecule has 0 bridgehead atoms. The van der Waals surface area contributed by atoms with E-state index in [2.05, 4.69) is 52.4 Å². The third kappa shape index (κ3) is 1.26. The molecule has 0 N–H and O–H groups in total. The molecule has 78 valence electrons. The number of pyridine rings is 1. The number of hydrogen-bond acceptors (Lipinski definition) is 1. The summed E-state index contributed by atoms with van der Waals surface area (Å²) in [4.78, 5) is 4.72. The van der Waals surface area contributed by atoms with Gasteiger partial charge < -0.3 is 0 Å². The molecule has 0 unspecified atom stereocenters. The van der Waals surface area contributed by atoms with E-state index in [-0.39, 0.29) is 0 Å². The summed E-state index contributed by atoms with van der Waals surface area (Å²) in [5.74, 6) is 0. The lowest BCUT2D eigenvalue weighted by Gasteiger charge is -2.04. The van der Waals surface area contributed by atoms with Crippen LogP contribution in [0.15, 0.2) is 22.8 Å². The van der Waals surface area contributed by atoms with Crippen LogP contribution < -0.4 is 0 Å². The van der Waals surface area contributed by atoms with Gasteiger partial charge in [-0.05, 0) is 47.8 Å². The number of rotatable bonds is 1. The predicted octanol–water partition coefficient (Wildman–Crippen LogP) is 3.46. The standard InChI is InChI=1S/C12H13BrN2/c1-8-4-3-5-9-14-10(11(13)15(8)9)12(2)6-7-12/h3-5H,6-7H2,1-2H3. The van der Waals surface area contributed by atoms with Gasteiger partial charge in [0.25, 0.3) is 0 Å². The first-order chi connectivity index (χ1) is 7.12. The molecule has 0 atom stereocenters. The number of aryl methyl sites for hydroxylation is 1. The molecule has 0 aromatic carbocycles. The van der Waals surface area contributed by atoms with Crippen LogP contribution in [0.5, 0.6) is 0 Å². The molecule has 0 spiro atoms. The maximum atomic E-state index is 4.72. The van der Waals surface area contributed by atoms with Gasteiger partial charge in [-0.15, -0.1) is 0 Å². The van der Waals surface area contributed by atoms with E-state index in [1.54, 1.807) is 0 Å². The van der Waals surface area contributed by atoms with Gasteiger partial charge in [0, 0.05) is 11.1 Å². The molecule has 1 fully saturated rings. The SMILES string of the molecule is Cc1cccc2nc(C3(C)CC3)c(Br)n12. The first-order valence-corrected chi connectivity index (χ1v) is 6.05. The van der Waals surface area contributed by atoms with Gasteiger partial charge in [0.1, 0.15) is 10.3 Å². The van der Waals surface area contributed by atoms with Crippen LogP contribution >= 0.6 is 15.9 Å². The van der Waals surface area contributed by atoms with Crippen LogP contribution in [0.1, 0.15) is 31.2 Å². The van der Waals surface area contributed by atoms with E-state index in [0.717, 1.165) is 10.3 Å². The lowest BCUT2D eigenvalue weighted by Crippen LogP contribution is -2.01. The lowest BCUT2D eigenvalue weighted by atomic mass is 10.1. The first-order valence-electron chi connectivity index (χ1n) is 5.26. The van der Waals surface area contributed by atoms with E-state index in [1.165, 1.54) is 24.2 Å². The van der Waals surface area contributed by atoms with Crippen LogP contribution in [-0.4, -0.2) is 9.38 Å². The Bertz CT molecular complexity index is 538. The number of hydrogen-bond donors (Lipinski definition) is 0. The average Bonchev–Trinajstić information content (AvgIpc) is 2.83. The van der Waals surface area contributed by atoms with Gasteiger partial charge in [0.2, 0.25) is 0 Å². The molecular weight excluding hydrogens is 252 g/mol. The molecule has 15 heavy (non-hydrogen) atoms. The Morgan fingerprint density at radius 3 is 2.73 bits per heavy atom. The molecule has 1 aliphatic rings. The second-order valence-electron chi connectivity index (χ2n) is 4.67. The minimum Gasteiger partial charge on any atom is -0.291 e. The first kappa shape index (κ1) is 9.40. The third-order valence-electron chi connectivity index (χ3n) is 3.35. The number of halogens is 1. The topological polar surface area (TPSA) is 17.3 Å². The molecule has 0 amide bonds. The normalized spacial score (nSPS) is 18.3. The minimum atomic E-state index is 0.317. The van der Waals surface area contributed by atoms with Gasteiger partial charge in [-0.2, -0.15) is 0 Å². The molecule has 0 radical (unpaired) electrons. The van der Waals surface area contributed by atoms with Crippen molar-refractivity contribution in [3.8, 4) is 0 Å². The molecule has 0 saturated heterocycles. The van der Waals surface area contributed by atoms with Crippen LogP contribution in [0.4, 0.5) is 0 Å². The monoisotopic (exact) mass is 264 g/mol. The van der Waals surface area contributed by atoms with Crippen LogP contribution in [0.25, 0.3) is 5.65 Å². The minimum absolute atomic E-state index is 0.317. The highest BCUT2D eigenvalue weighted by Crippen LogP contribution is 2.49. The number of nitrogens with zero attached hydrogens (tertiary/aromatic N) is 2. The Balaban J connectivity index is 2.34. The van der Waals surface area contributed by atoms with Crippen molar-refractivity contribution in [1.82, 2.24) is 9.38 Å². The Morgan fingerprint density at radius 2 is 2.13 bits per heavy atom. The molecule has 2 aromatic rings. The van der Waals surface area contributed by atoms with E-state index in [0.29, 0.717) is 5.41 Å². The quantitative estimate of drug-likeness (QED) is 0.771. The zero-order valence-corrected chi connectivity index (χ0v) is 10.5. The maximum Gasteiger partial charge on any atom is 0.138 e. The highest BCUT2D eigenvalue weighted by Gasteiger charge is 2.43. The lowest BCUT2D eigenvalue weighted by molar-refractivity contribution is 0.752. The van der Waals surface area contributed by atoms with Gasteiger partial charge in [0.15, 0.2) is 0 Å². The van der Waals surface area contributed by atoms with Crippen LogP contribution in [0.2, 0.25) is 0 Å². The van der Waals surface area contributed by atoms with Crippen molar-refractivity contribution >= 4 is 21.6 Å². The van der Waals surface area contributed by atoms with Crippen molar-refractivity contribution in [3.63, 3.8) is 0 Å². The molecule has 1 saturated carbocycles. The Labute approximate surface area is 97.5 Å². The van der Waals surface area contributed by atoms with E-state index in [4.69, 9.17) is 4.98 Å². The second-order valence-corrected chi connectivity index (χ2v) is 5.42. The van der Waals surface area contributed by atoms with Gasteiger partial charge >= 0.3 is 0 Å². The molecule has 3 heteroatoms. The zero-order chi connectivity index (χ0) is 10.6. The van der Waals surface area contributed by atoms with Gasteiger partial charge in [0.05, 0.1) is 5.69 Å². The fraction of sp³-hybridized carbons (Fsp3) is 0.417. The van der Waals surface area contributed by atoms with E-state index < -0.39 is 0 Å². The van der Waals surface area contributed by atoms with E-state index >= 15 is 0 Å². The van der Waals surface area contributed by atoms with Gasteiger partial charge in [-0.1, -0.05) is 13.0 Å². The Kier molecular flexibility index (Phi) is 1.78. The fourth-order valence-electron chi connectivity index (χ4n) is 2.02. The number of imidazole rings is 1. The van der Waals surface area contributed by atoms with Crippen molar-refractivity contribution in [2.45, 2.75) is 32.1 Å². The fourth-order valence-corrected chi connectivity index (χ4v) is 3.05. The van der Waals surface area contributed by atoms with Crippen molar-refractivity contribution in [1.29, 1.82) is 0 Å². The van der Waals surface area contributed by atoms with E-state index in [9.17, 15) is 0 Å². The van der Waals surface area contributed by atoms with Crippen LogP contribution in [0, 0.1) is 6.92 Å². The number of fused-ring (bicyclic) bond motifs is 1. The Morgan fingerprint density at radius 1 is 1.40 bits per heavy atom. The largest absolute Gasteiger partial charge is 0.291 e. The Hall–Kier alpha value is -0.830. The van der Waals surface area contributed by atoms with Crippen LogP contribution in [0.3, 0.4) is 0 Å². The number of aromatic nitrogens is 2. The average molecular weight is 265 g/mol.